The fourth-order valence-electron chi connectivity index (χ4n) is 1.82. The van der Waals surface area contributed by atoms with Crippen LogP contribution in [0.1, 0.15) is 46.5 Å². The Hall–Kier alpha value is -1.30. The summed E-state index contributed by atoms with van der Waals surface area (Å²) in [7, 11) is 1.96. The molecule has 3 N–H and O–H groups in total. The van der Waals surface area contributed by atoms with Gasteiger partial charge in [-0.2, -0.15) is 0 Å². The van der Waals surface area contributed by atoms with Crippen LogP contribution in [0.2, 0.25) is 0 Å². The Balaban J connectivity index is 0.000000396. The van der Waals surface area contributed by atoms with Gasteiger partial charge >= 0.3 is 6.03 Å². The summed E-state index contributed by atoms with van der Waals surface area (Å²) < 4.78 is 4.70. The number of nitrogens with one attached hydrogen (secondary N) is 1. The number of nitrogens with zero attached hydrogens (tertiary/aromatic N) is 1. The van der Waals surface area contributed by atoms with E-state index in [0.29, 0.717) is 12.5 Å². The van der Waals surface area contributed by atoms with Crippen molar-refractivity contribution in [2.45, 2.75) is 58.1 Å². The Bertz CT molecular complexity index is 295. The van der Waals surface area contributed by atoms with E-state index in [9.17, 15) is 9.59 Å². The molecule has 2 amide bonds. The highest BCUT2D eigenvalue weighted by Gasteiger charge is 2.17. The van der Waals surface area contributed by atoms with Gasteiger partial charge < -0.3 is 20.7 Å². The largest absolute Gasteiger partial charge is 0.462 e. The minimum absolute atomic E-state index is 0.276. The molecule has 0 radical (unpaired) electrons. The second-order valence-electron chi connectivity index (χ2n) is 5.57. The number of urea groups is 1. The summed E-state index contributed by atoms with van der Waals surface area (Å²) >= 11 is 0. The zero-order valence-corrected chi connectivity index (χ0v) is 13.1. The molecule has 0 bridgehead atoms. The third kappa shape index (κ3) is 7.99. The molecule has 1 rings (SSSR count). The van der Waals surface area contributed by atoms with E-state index in [1.807, 2.05) is 27.8 Å². The molecule has 20 heavy (non-hydrogen) atoms. The quantitative estimate of drug-likeness (QED) is 0.767. The molecule has 0 aliphatic carbocycles. The normalized spacial score (nSPS) is 19.4. The molecule has 1 aliphatic heterocycles. The SMILES string of the molecule is CCC(C)(C)OC=O.CNC1CCCN(C(N)=O)CC1. The molecule has 1 fully saturated rings. The monoisotopic (exact) mass is 287 g/mol. The molecule has 118 valence electrons. The number of nitrogens with two attached hydrogens (primary N) is 1. The molecular weight excluding hydrogens is 258 g/mol. The highest BCUT2D eigenvalue weighted by atomic mass is 16.5. The third-order valence-electron chi connectivity index (χ3n) is 3.67. The number of carbonyl (C=O) groups excluding carboxylic acids is 2. The van der Waals surface area contributed by atoms with Crippen molar-refractivity contribution >= 4 is 12.5 Å². The van der Waals surface area contributed by atoms with Crippen LogP contribution in [-0.2, 0) is 9.53 Å². The average Bonchev–Trinajstić information content (AvgIpc) is 2.64. The summed E-state index contributed by atoms with van der Waals surface area (Å²) in [5, 5.41) is 3.22. The maximum absolute atomic E-state index is 10.8. The number of carbonyl (C=O) groups is 2. The lowest BCUT2D eigenvalue weighted by Gasteiger charge is -2.19. The van der Waals surface area contributed by atoms with Crippen LogP contribution in [0.5, 0.6) is 0 Å². The van der Waals surface area contributed by atoms with E-state index in [2.05, 4.69) is 5.32 Å². The molecule has 0 saturated carbocycles. The van der Waals surface area contributed by atoms with Crippen LogP contribution in [0.25, 0.3) is 0 Å². The standard InChI is InChI=1S/C8H17N3O.C6H12O2/c1-10-7-3-2-5-11(6-4-7)8(9)12;1-4-6(2,3)8-5-7/h7,10H,2-6H2,1H3,(H2,9,12);5H,4H2,1-3H3. The number of ether oxygens (including phenoxy) is 1. The molecular formula is C14H29N3O3. The van der Waals surface area contributed by atoms with Gasteiger partial charge in [-0.05, 0) is 46.6 Å². The van der Waals surface area contributed by atoms with Crippen LogP contribution < -0.4 is 11.1 Å². The lowest BCUT2D eigenvalue weighted by atomic mass is 10.1. The lowest BCUT2D eigenvalue weighted by Crippen LogP contribution is -2.37. The van der Waals surface area contributed by atoms with Crippen LogP contribution in [-0.4, -0.2) is 49.2 Å². The van der Waals surface area contributed by atoms with Crippen molar-refractivity contribution in [3.05, 3.63) is 0 Å². The molecule has 1 heterocycles. The molecule has 0 aromatic rings. The smallest absolute Gasteiger partial charge is 0.314 e. The van der Waals surface area contributed by atoms with Crippen molar-refractivity contribution in [1.82, 2.24) is 10.2 Å². The molecule has 0 aromatic heterocycles. The molecule has 1 saturated heterocycles. The van der Waals surface area contributed by atoms with Crippen molar-refractivity contribution < 1.29 is 14.3 Å². The van der Waals surface area contributed by atoms with E-state index in [0.717, 1.165) is 38.8 Å². The second kappa shape index (κ2) is 9.58. The van der Waals surface area contributed by atoms with E-state index < -0.39 is 0 Å². The first-order chi connectivity index (χ1) is 9.36. The molecule has 0 spiro atoms. The first-order valence-electron chi connectivity index (χ1n) is 7.19. The maximum Gasteiger partial charge on any atom is 0.314 e. The zero-order chi connectivity index (χ0) is 15.6. The number of hydrogen-bond acceptors (Lipinski definition) is 4. The van der Waals surface area contributed by atoms with Crippen molar-refractivity contribution in [2.24, 2.45) is 5.73 Å². The van der Waals surface area contributed by atoms with Crippen LogP contribution in [0.15, 0.2) is 0 Å². The van der Waals surface area contributed by atoms with Gasteiger partial charge in [0.15, 0.2) is 0 Å². The Labute approximate surface area is 122 Å². The van der Waals surface area contributed by atoms with E-state index in [1.54, 1.807) is 4.90 Å². The van der Waals surface area contributed by atoms with E-state index >= 15 is 0 Å². The fraction of sp³-hybridized carbons (Fsp3) is 0.857. The molecule has 1 atom stereocenters. The lowest BCUT2D eigenvalue weighted by molar-refractivity contribution is -0.140. The van der Waals surface area contributed by atoms with Gasteiger partial charge in [0.1, 0.15) is 5.60 Å². The zero-order valence-electron chi connectivity index (χ0n) is 13.1. The summed E-state index contributed by atoms with van der Waals surface area (Å²) in [5.74, 6) is 0. The Morgan fingerprint density at radius 1 is 1.45 bits per heavy atom. The minimum Gasteiger partial charge on any atom is -0.462 e. The Morgan fingerprint density at radius 3 is 2.50 bits per heavy atom. The Kier molecular flexibility index (Phi) is 8.96. The second-order valence-corrected chi connectivity index (χ2v) is 5.57. The number of primary amides is 1. The summed E-state index contributed by atoms with van der Waals surface area (Å²) in [4.78, 5) is 22.3. The van der Waals surface area contributed by atoms with Gasteiger partial charge in [-0.25, -0.2) is 4.79 Å². The van der Waals surface area contributed by atoms with Gasteiger partial charge in [-0.3, -0.25) is 4.79 Å². The predicted octanol–water partition coefficient (Wildman–Crippen LogP) is 1.49. The highest BCUT2D eigenvalue weighted by molar-refractivity contribution is 5.71. The number of rotatable bonds is 4. The van der Waals surface area contributed by atoms with Crippen LogP contribution in [0, 0.1) is 0 Å². The topological polar surface area (TPSA) is 84.7 Å². The van der Waals surface area contributed by atoms with Crippen molar-refractivity contribution in [1.29, 1.82) is 0 Å². The summed E-state index contributed by atoms with van der Waals surface area (Å²) in [6.45, 7) is 7.82. The molecule has 6 nitrogen and oxygen atoms in total. The Morgan fingerprint density at radius 2 is 2.10 bits per heavy atom. The van der Waals surface area contributed by atoms with E-state index in [1.165, 1.54) is 0 Å². The summed E-state index contributed by atoms with van der Waals surface area (Å²) in [6.07, 6.45) is 4.06. The fourth-order valence-corrected chi connectivity index (χ4v) is 1.82. The number of likely N-dealkylation sites (tertiary alicyclic amines) is 1. The van der Waals surface area contributed by atoms with Crippen molar-refractivity contribution in [2.75, 3.05) is 20.1 Å². The van der Waals surface area contributed by atoms with E-state index in [-0.39, 0.29) is 11.6 Å². The van der Waals surface area contributed by atoms with Crippen LogP contribution >= 0.6 is 0 Å². The first-order valence-corrected chi connectivity index (χ1v) is 7.19. The summed E-state index contributed by atoms with van der Waals surface area (Å²) in [6, 6.07) is 0.265. The first kappa shape index (κ1) is 18.7. The van der Waals surface area contributed by atoms with Gasteiger partial charge in [0.2, 0.25) is 0 Å². The van der Waals surface area contributed by atoms with Crippen LogP contribution in [0.4, 0.5) is 4.79 Å². The third-order valence-corrected chi connectivity index (χ3v) is 3.67. The van der Waals surface area contributed by atoms with Gasteiger partial charge in [-0.1, -0.05) is 6.92 Å². The van der Waals surface area contributed by atoms with E-state index in [4.69, 9.17) is 10.5 Å². The average molecular weight is 287 g/mol. The van der Waals surface area contributed by atoms with Crippen LogP contribution in [0.3, 0.4) is 0 Å². The summed E-state index contributed by atoms with van der Waals surface area (Å²) in [5.41, 5.74) is 4.91. The molecule has 1 unspecified atom stereocenters. The number of amides is 2. The molecule has 1 aliphatic rings. The van der Waals surface area contributed by atoms with Crippen molar-refractivity contribution in [3.63, 3.8) is 0 Å². The van der Waals surface area contributed by atoms with Gasteiger partial charge in [-0.15, -0.1) is 0 Å². The van der Waals surface area contributed by atoms with Gasteiger partial charge in [0, 0.05) is 19.1 Å². The number of hydrogen-bond donors (Lipinski definition) is 2. The minimum atomic E-state index is -0.285. The molecule has 0 aromatic carbocycles. The maximum atomic E-state index is 10.8. The van der Waals surface area contributed by atoms with Gasteiger partial charge in [0.25, 0.3) is 6.47 Å². The highest BCUT2D eigenvalue weighted by Crippen LogP contribution is 2.11. The molecule has 6 heteroatoms. The predicted molar refractivity (Wildman–Crippen MR) is 79.4 cm³/mol. The van der Waals surface area contributed by atoms with Gasteiger partial charge in [0.05, 0.1) is 0 Å². The van der Waals surface area contributed by atoms with Crippen molar-refractivity contribution in [3.8, 4) is 0 Å².